The summed E-state index contributed by atoms with van der Waals surface area (Å²) in [5, 5.41) is 2.12. The third kappa shape index (κ3) is 2.55. The largest absolute Gasteiger partial charge is 0.299 e. The second-order valence-electron chi connectivity index (χ2n) is 6.77. The maximum atomic E-state index is 13.0. The minimum atomic E-state index is 0.207. The molecule has 1 fully saturated rings. The Morgan fingerprint density at radius 3 is 2.30 bits per heavy atom. The van der Waals surface area contributed by atoms with Crippen molar-refractivity contribution in [3.05, 3.63) is 71.3 Å². The molecule has 3 nitrogen and oxygen atoms in total. The molecule has 0 atom stereocenters. The van der Waals surface area contributed by atoms with Gasteiger partial charge in [-0.05, 0) is 30.9 Å². The van der Waals surface area contributed by atoms with E-state index in [9.17, 15) is 4.79 Å². The second kappa shape index (κ2) is 5.82. The highest BCUT2D eigenvalue weighted by molar-refractivity contribution is 5.97. The number of amides is 1. The van der Waals surface area contributed by atoms with Gasteiger partial charge in [-0.3, -0.25) is 4.79 Å². The number of hydrogen-bond donors (Lipinski definition) is 0. The molecule has 2 aliphatic heterocycles. The number of carbonyl (C=O) groups is 1. The highest BCUT2D eigenvalue weighted by Gasteiger charge is 2.44. The minimum absolute atomic E-state index is 0.207. The van der Waals surface area contributed by atoms with E-state index in [0.29, 0.717) is 0 Å². The maximum Gasteiger partial charge on any atom is 0.299 e. The number of hydrogen-bond acceptors (Lipinski definition) is 1. The Hall–Kier alpha value is -2.13. The molecule has 0 aliphatic carbocycles. The van der Waals surface area contributed by atoms with Crippen LogP contribution < -0.4 is 0 Å². The lowest BCUT2D eigenvalue weighted by Crippen LogP contribution is -2.61. The van der Waals surface area contributed by atoms with Gasteiger partial charge in [0, 0.05) is 11.1 Å². The molecule has 23 heavy (non-hydrogen) atoms. The van der Waals surface area contributed by atoms with Crippen LogP contribution in [0.25, 0.3) is 0 Å². The van der Waals surface area contributed by atoms with Gasteiger partial charge in [-0.25, -0.2) is 4.59 Å². The van der Waals surface area contributed by atoms with E-state index in [1.807, 2.05) is 18.2 Å². The molecule has 1 amide bonds. The molecule has 4 rings (SSSR count). The number of carbonyl (C=O) groups excluding carboxylic acids is 1. The quantitative estimate of drug-likeness (QED) is 0.791. The normalized spacial score (nSPS) is 19.7. The number of piperidine rings is 1. The molecule has 2 aromatic carbocycles. The number of fused-ring (bicyclic) bond motifs is 1. The Morgan fingerprint density at radius 2 is 1.57 bits per heavy atom. The molecular formula is C20H23N2O+. The molecule has 0 N–H and O–H groups in total. The standard InChI is InChI=1S/C20H23N2O/c23-20-19-12-6-5-11-18(19)15-21(20)22(13-7-2-8-14-22)16-17-9-3-1-4-10-17/h1,3-6,9-12H,2,7-8,13-16H2/q+1. The summed E-state index contributed by atoms with van der Waals surface area (Å²) in [6.45, 7) is 3.80. The van der Waals surface area contributed by atoms with E-state index < -0.39 is 0 Å². The van der Waals surface area contributed by atoms with Crippen LogP contribution in [0.1, 0.15) is 40.7 Å². The Balaban J connectivity index is 1.68. The molecule has 0 unspecified atom stereocenters. The Morgan fingerprint density at radius 1 is 0.870 bits per heavy atom. The van der Waals surface area contributed by atoms with Crippen molar-refractivity contribution in [1.29, 1.82) is 0 Å². The Bertz CT molecular complexity index is 705. The van der Waals surface area contributed by atoms with Crippen LogP contribution in [0.3, 0.4) is 0 Å². The van der Waals surface area contributed by atoms with Crippen LogP contribution in [0.15, 0.2) is 54.6 Å². The number of likely N-dealkylation sites (tertiary alicyclic amines) is 1. The van der Waals surface area contributed by atoms with E-state index >= 15 is 0 Å². The summed E-state index contributed by atoms with van der Waals surface area (Å²) in [4.78, 5) is 13.0. The monoisotopic (exact) mass is 307 g/mol. The number of quaternary nitrogens is 1. The lowest BCUT2D eigenvalue weighted by atomic mass is 10.1. The van der Waals surface area contributed by atoms with Gasteiger partial charge < -0.3 is 0 Å². The van der Waals surface area contributed by atoms with Gasteiger partial charge in [-0.1, -0.05) is 48.5 Å². The van der Waals surface area contributed by atoms with Crippen molar-refractivity contribution in [3.63, 3.8) is 0 Å². The van der Waals surface area contributed by atoms with Gasteiger partial charge in [-0.2, -0.15) is 5.01 Å². The summed E-state index contributed by atoms with van der Waals surface area (Å²) < 4.78 is 0.789. The summed E-state index contributed by atoms with van der Waals surface area (Å²) >= 11 is 0. The van der Waals surface area contributed by atoms with Crippen molar-refractivity contribution < 1.29 is 9.39 Å². The van der Waals surface area contributed by atoms with Crippen LogP contribution in [0.2, 0.25) is 0 Å². The third-order valence-corrected chi connectivity index (χ3v) is 5.28. The summed E-state index contributed by atoms with van der Waals surface area (Å²) in [5.74, 6) is 0.207. The van der Waals surface area contributed by atoms with Crippen LogP contribution in [0, 0.1) is 0 Å². The van der Waals surface area contributed by atoms with E-state index in [4.69, 9.17) is 0 Å². The SMILES string of the molecule is O=C1c2ccccc2CN1[N+]1(Cc2ccccc2)CCCCC1. The molecule has 118 valence electrons. The Labute approximate surface area is 137 Å². The highest BCUT2D eigenvalue weighted by Crippen LogP contribution is 2.33. The van der Waals surface area contributed by atoms with Crippen molar-refractivity contribution in [2.45, 2.75) is 32.4 Å². The van der Waals surface area contributed by atoms with Crippen LogP contribution in [0.5, 0.6) is 0 Å². The molecule has 0 spiro atoms. The summed E-state index contributed by atoms with van der Waals surface area (Å²) in [6, 6.07) is 18.7. The minimum Gasteiger partial charge on any atom is -0.264 e. The zero-order chi connectivity index (χ0) is 15.7. The van der Waals surface area contributed by atoms with E-state index in [-0.39, 0.29) is 5.91 Å². The van der Waals surface area contributed by atoms with Crippen LogP contribution in [0.4, 0.5) is 0 Å². The Kier molecular flexibility index (Phi) is 3.66. The van der Waals surface area contributed by atoms with Crippen molar-refractivity contribution in [1.82, 2.24) is 5.01 Å². The molecule has 0 radical (unpaired) electrons. The average molecular weight is 307 g/mol. The van der Waals surface area contributed by atoms with Crippen LogP contribution in [-0.4, -0.2) is 28.6 Å². The molecule has 0 bridgehead atoms. The molecule has 1 saturated heterocycles. The van der Waals surface area contributed by atoms with Crippen molar-refractivity contribution in [2.75, 3.05) is 13.1 Å². The van der Waals surface area contributed by atoms with Crippen molar-refractivity contribution in [3.8, 4) is 0 Å². The molecule has 2 aromatic rings. The maximum absolute atomic E-state index is 13.0. The van der Waals surface area contributed by atoms with Gasteiger partial charge in [0.2, 0.25) is 0 Å². The fraction of sp³-hybridized carbons (Fsp3) is 0.350. The predicted molar refractivity (Wildman–Crippen MR) is 90.3 cm³/mol. The van der Waals surface area contributed by atoms with Crippen LogP contribution in [-0.2, 0) is 13.1 Å². The number of benzene rings is 2. The molecule has 0 saturated carbocycles. The van der Waals surface area contributed by atoms with E-state index in [0.717, 1.165) is 36.3 Å². The van der Waals surface area contributed by atoms with E-state index in [1.165, 1.54) is 30.4 Å². The first-order valence-electron chi connectivity index (χ1n) is 8.59. The van der Waals surface area contributed by atoms with Gasteiger partial charge in [0.15, 0.2) is 0 Å². The predicted octanol–water partition coefficient (Wildman–Crippen LogP) is 3.76. The first-order chi connectivity index (χ1) is 11.3. The number of nitrogens with zero attached hydrogens (tertiary/aromatic N) is 2. The van der Waals surface area contributed by atoms with Gasteiger partial charge >= 0.3 is 0 Å². The fourth-order valence-electron chi connectivity index (χ4n) is 4.09. The summed E-state index contributed by atoms with van der Waals surface area (Å²) in [5.41, 5.74) is 3.38. The van der Waals surface area contributed by atoms with Gasteiger partial charge in [0.05, 0.1) is 6.54 Å². The molecule has 2 heterocycles. The summed E-state index contributed by atoms with van der Waals surface area (Å²) in [7, 11) is 0. The first-order valence-corrected chi connectivity index (χ1v) is 8.59. The average Bonchev–Trinajstić information content (AvgIpc) is 2.95. The van der Waals surface area contributed by atoms with E-state index in [1.54, 1.807) is 0 Å². The number of rotatable bonds is 3. The zero-order valence-corrected chi connectivity index (χ0v) is 13.4. The molecule has 0 aromatic heterocycles. The zero-order valence-electron chi connectivity index (χ0n) is 13.4. The van der Waals surface area contributed by atoms with E-state index in [2.05, 4.69) is 41.4 Å². The second-order valence-corrected chi connectivity index (χ2v) is 6.77. The topological polar surface area (TPSA) is 20.3 Å². The van der Waals surface area contributed by atoms with Gasteiger partial charge in [-0.15, -0.1) is 0 Å². The molecule has 2 aliphatic rings. The highest BCUT2D eigenvalue weighted by atomic mass is 16.2. The third-order valence-electron chi connectivity index (χ3n) is 5.28. The van der Waals surface area contributed by atoms with Gasteiger partial charge in [0.25, 0.3) is 5.91 Å². The van der Waals surface area contributed by atoms with Crippen LogP contribution >= 0.6 is 0 Å². The summed E-state index contributed by atoms with van der Waals surface area (Å²) in [6.07, 6.45) is 3.68. The smallest absolute Gasteiger partial charge is 0.264 e. The van der Waals surface area contributed by atoms with Crippen molar-refractivity contribution in [2.24, 2.45) is 0 Å². The van der Waals surface area contributed by atoms with Gasteiger partial charge in [0.1, 0.15) is 19.6 Å². The fourth-order valence-corrected chi connectivity index (χ4v) is 4.09. The first kappa shape index (κ1) is 14.5. The molecular weight excluding hydrogens is 284 g/mol. The lowest BCUT2D eigenvalue weighted by Gasteiger charge is -2.46. The molecule has 3 heteroatoms. The van der Waals surface area contributed by atoms with Crippen molar-refractivity contribution >= 4 is 5.91 Å². The lowest BCUT2D eigenvalue weighted by molar-refractivity contribution is -1.04.